The number of amides is 1. The molecule has 2 heterocycles. The molecule has 0 unspecified atom stereocenters. The molecule has 0 saturated heterocycles. The van der Waals surface area contributed by atoms with Crippen molar-refractivity contribution in [2.45, 2.75) is 26.8 Å². The van der Waals surface area contributed by atoms with E-state index in [1.54, 1.807) is 16.5 Å². The lowest BCUT2D eigenvalue weighted by atomic mass is 10.1. The SMILES string of the molecule is Cc1ccc2nc(C)c(C(=O)N[C@H](C)c3ccc(F)cc3)n2c1. The topological polar surface area (TPSA) is 46.4 Å². The van der Waals surface area contributed by atoms with E-state index in [0.717, 1.165) is 16.8 Å². The van der Waals surface area contributed by atoms with Gasteiger partial charge in [-0.1, -0.05) is 18.2 Å². The highest BCUT2D eigenvalue weighted by molar-refractivity contribution is 5.94. The third-order valence-corrected chi connectivity index (χ3v) is 3.87. The Morgan fingerprint density at radius 2 is 1.87 bits per heavy atom. The van der Waals surface area contributed by atoms with E-state index in [1.807, 2.05) is 39.1 Å². The van der Waals surface area contributed by atoms with Gasteiger partial charge in [0.25, 0.3) is 5.91 Å². The van der Waals surface area contributed by atoms with Gasteiger partial charge in [-0.25, -0.2) is 9.37 Å². The Labute approximate surface area is 134 Å². The molecule has 3 aromatic rings. The Balaban J connectivity index is 1.90. The average molecular weight is 311 g/mol. The van der Waals surface area contributed by atoms with Crippen LogP contribution >= 0.6 is 0 Å². The van der Waals surface area contributed by atoms with Crippen molar-refractivity contribution in [1.82, 2.24) is 14.7 Å². The first-order chi connectivity index (χ1) is 11.0. The predicted molar refractivity (Wildman–Crippen MR) is 86.9 cm³/mol. The largest absolute Gasteiger partial charge is 0.344 e. The highest BCUT2D eigenvalue weighted by atomic mass is 19.1. The predicted octanol–water partition coefficient (Wildman–Crippen LogP) is 3.58. The van der Waals surface area contributed by atoms with Crippen LogP contribution in [0.15, 0.2) is 42.6 Å². The van der Waals surface area contributed by atoms with Crippen LogP contribution in [0.2, 0.25) is 0 Å². The van der Waals surface area contributed by atoms with E-state index in [1.165, 1.54) is 12.1 Å². The van der Waals surface area contributed by atoms with Gasteiger partial charge in [-0.2, -0.15) is 0 Å². The van der Waals surface area contributed by atoms with Crippen molar-refractivity contribution >= 4 is 11.6 Å². The molecule has 0 aliphatic carbocycles. The number of pyridine rings is 1. The van der Waals surface area contributed by atoms with Gasteiger partial charge in [0.1, 0.15) is 17.2 Å². The Morgan fingerprint density at radius 3 is 2.57 bits per heavy atom. The van der Waals surface area contributed by atoms with Crippen LogP contribution in [-0.2, 0) is 0 Å². The van der Waals surface area contributed by atoms with E-state index in [2.05, 4.69) is 10.3 Å². The summed E-state index contributed by atoms with van der Waals surface area (Å²) in [4.78, 5) is 17.1. The lowest BCUT2D eigenvalue weighted by Gasteiger charge is -2.14. The number of imidazole rings is 1. The summed E-state index contributed by atoms with van der Waals surface area (Å²) < 4.78 is 14.8. The molecule has 0 saturated carbocycles. The number of carbonyl (C=O) groups is 1. The first-order valence-electron chi connectivity index (χ1n) is 7.47. The van der Waals surface area contributed by atoms with Crippen molar-refractivity contribution in [3.8, 4) is 0 Å². The summed E-state index contributed by atoms with van der Waals surface area (Å²) in [5, 5.41) is 2.95. The van der Waals surface area contributed by atoms with E-state index in [4.69, 9.17) is 0 Å². The molecule has 1 atom stereocenters. The van der Waals surface area contributed by atoms with Crippen LogP contribution in [0, 0.1) is 19.7 Å². The van der Waals surface area contributed by atoms with Crippen LogP contribution < -0.4 is 5.32 Å². The number of fused-ring (bicyclic) bond motifs is 1. The second-order valence-corrected chi connectivity index (χ2v) is 5.73. The summed E-state index contributed by atoms with van der Waals surface area (Å²) in [7, 11) is 0. The first-order valence-corrected chi connectivity index (χ1v) is 7.47. The van der Waals surface area contributed by atoms with E-state index in [-0.39, 0.29) is 17.8 Å². The van der Waals surface area contributed by atoms with Gasteiger partial charge in [0.05, 0.1) is 11.7 Å². The van der Waals surface area contributed by atoms with Gasteiger partial charge >= 0.3 is 0 Å². The van der Waals surface area contributed by atoms with Gasteiger partial charge in [0.2, 0.25) is 0 Å². The molecule has 0 radical (unpaired) electrons. The molecule has 3 rings (SSSR count). The number of halogens is 1. The van der Waals surface area contributed by atoms with Crippen LogP contribution in [0.3, 0.4) is 0 Å². The van der Waals surface area contributed by atoms with E-state index >= 15 is 0 Å². The number of rotatable bonds is 3. The van der Waals surface area contributed by atoms with Crippen molar-refractivity contribution < 1.29 is 9.18 Å². The van der Waals surface area contributed by atoms with Crippen LogP contribution in [0.25, 0.3) is 5.65 Å². The number of carbonyl (C=O) groups excluding carboxylic acids is 1. The Hall–Kier alpha value is -2.69. The maximum Gasteiger partial charge on any atom is 0.270 e. The van der Waals surface area contributed by atoms with Crippen LogP contribution in [-0.4, -0.2) is 15.3 Å². The van der Waals surface area contributed by atoms with Gasteiger partial charge in [0, 0.05) is 6.20 Å². The summed E-state index contributed by atoms with van der Waals surface area (Å²) in [5.41, 5.74) is 3.85. The molecule has 0 aliphatic heterocycles. The van der Waals surface area contributed by atoms with E-state index < -0.39 is 0 Å². The van der Waals surface area contributed by atoms with E-state index in [9.17, 15) is 9.18 Å². The smallest absolute Gasteiger partial charge is 0.270 e. The monoisotopic (exact) mass is 311 g/mol. The number of nitrogens with one attached hydrogen (secondary N) is 1. The molecule has 1 aromatic carbocycles. The second kappa shape index (κ2) is 5.83. The molecule has 5 heteroatoms. The van der Waals surface area contributed by atoms with Gasteiger partial charge in [-0.15, -0.1) is 0 Å². The summed E-state index contributed by atoms with van der Waals surface area (Å²) in [6.07, 6.45) is 1.90. The number of benzene rings is 1. The summed E-state index contributed by atoms with van der Waals surface area (Å²) in [6, 6.07) is 9.75. The fourth-order valence-electron chi connectivity index (χ4n) is 2.64. The maximum atomic E-state index is 13.0. The summed E-state index contributed by atoms with van der Waals surface area (Å²) >= 11 is 0. The molecule has 0 fully saturated rings. The summed E-state index contributed by atoms with van der Waals surface area (Å²) in [6.45, 7) is 5.66. The molecule has 1 N–H and O–H groups in total. The molecule has 4 nitrogen and oxygen atoms in total. The fraction of sp³-hybridized carbons (Fsp3) is 0.222. The zero-order valence-electron chi connectivity index (χ0n) is 13.3. The molecule has 2 aromatic heterocycles. The Bertz CT molecular complexity index is 868. The lowest BCUT2D eigenvalue weighted by Crippen LogP contribution is -2.28. The quantitative estimate of drug-likeness (QED) is 0.803. The van der Waals surface area contributed by atoms with Gasteiger partial charge in [-0.05, 0) is 50.1 Å². The van der Waals surface area contributed by atoms with Crippen LogP contribution in [0.4, 0.5) is 4.39 Å². The Kier molecular flexibility index (Phi) is 3.86. The molecular formula is C18H18FN3O. The van der Waals surface area contributed by atoms with Gasteiger partial charge in [0.15, 0.2) is 0 Å². The molecule has 0 bridgehead atoms. The molecule has 0 spiro atoms. The van der Waals surface area contributed by atoms with Gasteiger partial charge in [-0.3, -0.25) is 9.20 Å². The number of hydrogen-bond donors (Lipinski definition) is 1. The van der Waals surface area contributed by atoms with Crippen LogP contribution in [0.1, 0.15) is 40.3 Å². The molecule has 0 aliphatic rings. The molecule has 118 valence electrons. The van der Waals surface area contributed by atoms with Crippen LogP contribution in [0.5, 0.6) is 0 Å². The molecular weight excluding hydrogens is 293 g/mol. The minimum absolute atomic E-state index is 0.197. The maximum absolute atomic E-state index is 13.0. The van der Waals surface area contributed by atoms with Gasteiger partial charge < -0.3 is 5.32 Å². The highest BCUT2D eigenvalue weighted by Gasteiger charge is 2.19. The molecule has 23 heavy (non-hydrogen) atoms. The van der Waals surface area contributed by atoms with E-state index in [0.29, 0.717) is 11.4 Å². The standard InChI is InChI=1S/C18H18FN3O/c1-11-4-9-16-20-13(3)17(22(16)10-11)18(23)21-12(2)14-5-7-15(19)8-6-14/h4-10,12H,1-3H3,(H,21,23)/t12-/m1/s1. The van der Waals surface area contributed by atoms with Crippen molar-refractivity contribution in [2.75, 3.05) is 0 Å². The number of hydrogen-bond acceptors (Lipinski definition) is 2. The third kappa shape index (κ3) is 2.95. The minimum atomic E-state index is -0.291. The first kappa shape index (κ1) is 15.2. The van der Waals surface area contributed by atoms with Crippen molar-refractivity contribution in [1.29, 1.82) is 0 Å². The number of aryl methyl sites for hydroxylation is 2. The zero-order valence-corrected chi connectivity index (χ0v) is 13.3. The highest BCUT2D eigenvalue weighted by Crippen LogP contribution is 2.17. The minimum Gasteiger partial charge on any atom is -0.344 e. The zero-order chi connectivity index (χ0) is 16.6. The fourth-order valence-corrected chi connectivity index (χ4v) is 2.64. The van der Waals surface area contributed by atoms with Crippen molar-refractivity contribution in [2.24, 2.45) is 0 Å². The van der Waals surface area contributed by atoms with Crippen molar-refractivity contribution in [3.63, 3.8) is 0 Å². The number of aromatic nitrogens is 2. The normalized spacial score (nSPS) is 12.3. The average Bonchev–Trinajstić information content (AvgIpc) is 2.83. The third-order valence-electron chi connectivity index (χ3n) is 3.87. The summed E-state index contributed by atoms with van der Waals surface area (Å²) in [5.74, 6) is -0.488. The Morgan fingerprint density at radius 1 is 1.17 bits per heavy atom. The second-order valence-electron chi connectivity index (χ2n) is 5.73. The van der Waals surface area contributed by atoms with Crippen molar-refractivity contribution in [3.05, 3.63) is 70.9 Å². The molecule has 1 amide bonds. The number of nitrogens with zero attached hydrogens (tertiary/aromatic N) is 2. The lowest BCUT2D eigenvalue weighted by molar-refractivity contribution is 0.0933.